The van der Waals surface area contributed by atoms with Crippen molar-refractivity contribution in [3.8, 4) is 45.0 Å². The first-order valence-corrected chi connectivity index (χ1v) is 12.1. The van der Waals surface area contributed by atoms with Crippen LogP contribution in [-0.4, -0.2) is 15.9 Å². The summed E-state index contributed by atoms with van der Waals surface area (Å²) >= 11 is 0. The van der Waals surface area contributed by atoms with E-state index in [4.69, 9.17) is 9.72 Å². The van der Waals surface area contributed by atoms with E-state index in [1.165, 1.54) is 6.08 Å². The van der Waals surface area contributed by atoms with Gasteiger partial charge in [-0.05, 0) is 28.5 Å². The molecule has 1 aliphatic heterocycles. The number of hydrogen-bond donors (Lipinski definition) is 1. The first kappa shape index (κ1) is 28.0. The summed E-state index contributed by atoms with van der Waals surface area (Å²) in [7, 11) is 0. The molecule has 1 aliphatic rings. The predicted octanol–water partition coefficient (Wildman–Crippen LogP) is 8.30. The van der Waals surface area contributed by atoms with Gasteiger partial charge in [-0.2, -0.15) is 0 Å². The molecule has 1 N–H and O–H groups in total. The molecule has 0 unspecified atom stereocenters. The fourth-order valence-corrected chi connectivity index (χ4v) is 3.72. The summed E-state index contributed by atoms with van der Waals surface area (Å²) in [6.45, 7) is 7.32. The number of fused-ring (bicyclic) bond motifs is 5. The van der Waals surface area contributed by atoms with Crippen LogP contribution < -0.4 is 4.74 Å². The number of aliphatic hydroxyl groups excluding tert-OH is 1. The molecule has 4 nitrogen and oxygen atoms in total. The van der Waals surface area contributed by atoms with Gasteiger partial charge >= 0.3 is 0 Å². The summed E-state index contributed by atoms with van der Waals surface area (Å²) in [5.74, 6) is 1.79. The zero-order valence-corrected chi connectivity index (χ0v) is 23.8. The van der Waals surface area contributed by atoms with E-state index in [1.807, 2.05) is 88.5 Å². The largest absolute Gasteiger partial charge is 0.512 e. The van der Waals surface area contributed by atoms with Crippen molar-refractivity contribution in [2.24, 2.45) is 11.8 Å². The van der Waals surface area contributed by atoms with E-state index >= 15 is 0 Å². The average Bonchev–Trinajstić information content (AvgIpc) is 3.03. The summed E-state index contributed by atoms with van der Waals surface area (Å²) in [6.07, 6.45) is 3.24. The van der Waals surface area contributed by atoms with Crippen molar-refractivity contribution >= 4 is 5.78 Å². The van der Waals surface area contributed by atoms with Crippen LogP contribution in [0.2, 0.25) is 0 Å². The van der Waals surface area contributed by atoms with Gasteiger partial charge in [-0.25, -0.2) is 0 Å². The van der Waals surface area contributed by atoms with Crippen LogP contribution in [0.4, 0.5) is 0 Å². The summed E-state index contributed by atoms with van der Waals surface area (Å²) in [6, 6.07) is 29.7. The Morgan fingerprint density at radius 2 is 1.54 bits per heavy atom. The third-order valence-corrected chi connectivity index (χ3v) is 5.90. The number of aliphatic hydroxyl groups is 1. The molecule has 0 aliphatic carbocycles. The maximum atomic E-state index is 11.0. The topological polar surface area (TPSA) is 59.4 Å². The Bertz CT molecular complexity index is 1390. The third-order valence-electron chi connectivity index (χ3n) is 5.90. The minimum absolute atomic E-state index is 0. The first-order chi connectivity index (χ1) is 17.3. The first-order valence-electron chi connectivity index (χ1n) is 12.1. The number of nitrogens with zero attached hydrogens (tertiary/aromatic N) is 1. The summed E-state index contributed by atoms with van der Waals surface area (Å²) < 4.78 is 6.16. The van der Waals surface area contributed by atoms with Gasteiger partial charge in [0.15, 0.2) is 5.78 Å². The molecule has 3 aromatic carbocycles. The SMILES string of the molecule is CC(C)C(=O)C=C(O)C(C)C.[Ir].[c-]1cccc2c1-c1ncc(-c3ccccc3)cc1-c1ccccc1O2. The van der Waals surface area contributed by atoms with Crippen LogP contribution >= 0.6 is 0 Å². The van der Waals surface area contributed by atoms with E-state index in [0.29, 0.717) is 0 Å². The van der Waals surface area contributed by atoms with Crippen molar-refractivity contribution < 1.29 is 34.7 Å². The van der Waals surface area contributed by atoms with Gasteiger partial charge in [0.1, 0.15) is 5.75 Å². The normalized spacial score (nSPS) is 11.6. The monoisotopic (exact) mass is 669 g/mol. The molecule has 0 spiro atoms. The number of benzene rings is 3. The van der Waals surface area contributed by atoms with Crippen LogP contribution in [-0.2, 0) is 24.9 Å². The summed E-state index contributed by atoms with van der Waals surface area (Å²) in [5, 5.41) is 9.19. The molecule has 5 heteroatoms. The van der Waals surface area contributed by atoms with Gasteiger partial charge in [0.05, 0.1) is 5.76 Å². The Hall–Kier alpha value is -3.53. The number of hydrogen-bond acceptors (Lipinski definition) is 4. The van der Waals surface area contributed by atoms with E-state index < -0.39 is 0 Å². The Balaban J connectivity index is 0.000000273. The van der Waals surface area contributed by atoms with Gasteiger partial charge in [0.2, 0.25) is 0 Å². The quantitative estimate of drug-likeness (QED) is 0.119. The maximum absolute atomic E-state index is 11.0. The van der Waals surface area contributed by atoms with Crippen LogP contribution in [0.1, 0.15) is 27.7 Å². The van der Waals surface area contributed by atoms with E-state index in [-0.39, 0.29) is 43.5 Å². The summed E-state index contributed by atoms with van der Waals surface area (Å²) in [4.78, 5) is 15.8. The smallest absolute Gasteiger partial charge is 0.161 e. The predicted molar refractivity (Wildman–Crippen MR) is 145 cm³/mol. The Kier molecular flexibility index (Phi) is 9.57. The van der Waals surface area contributed by atoms with Gasteiger partial charge in [0.25, 0.3) is 0 Å². The van der Waals surface area contributed by atoms with Gasteiger partial charge < -0.3 is 14.8 Å². The van der Waals surface area contributed by atoms with Gasteiger partial charge in [-0.3, -0.25) is 4.79 Å². The van der Waals surface area contributed by atoms with Gasteiger partial charge in [-0.1, -0.05) is 87.9 Å². The number of para-hydroxylation sites is 1. The average molecular weight is 669 g/mol. The van der Waals surface area contributed by atoms with Crippen molar-refractivity contribution in [1.29, 1.82) is 0 Å². The molecule has 0 saturated heterocycles. The van der Waals surface area contributed by atoms with Crippen molar-refractivity contribution in [2.45, 2.75) is 27.7 Å². The second kappa shape index (κ2) is 12.6. The number of pyridine rings is 1. The van der Waals surface area contributed by atoms with Crippen LogP contribution in [0.3, 0.4) is 0 Å². The fourth-order valence-electron chi connectivity index (χ4n) is 3.72. The molecule has 0 saturated carbocycles. The minimum Gasteiger partial charge on any atom is -0.512 e. The van der Waals surface area contributed by atoms with Crippen molar-refractivity contribution in [3.63, 3.8) is 0 Å². The molecule has 37 heavy (non-hydrogen) atoms. The fraction of sp³-hybridized carbons (Fsp3) is 0.188. The molecule has 191 valence electrons. The van der Waals surface area contributed by atoms with E-state index in [0.717, 1.165) is 45.0 Å². The summed E-state index contributed by atoms with van der Waals surface area (Å²) in [5.41, 5.74) is 6.16. The molecule has 0 atom stereocenters. The zero-order valence-electron chi connectivity index (χ0n) is 21.4. The van der Waals surface area contributed by atoms with Crippen molar-refractivity contribution in [1.82, 2.24) is 4.98 Å². The van der Waals surface area contributed by atoms with Crippen LogP contribution in [0.15, 0.2) is 96.9 Å². The molecule has 4 aromatic rings. The minimum atomic E-state index is -0.0316. The third kappa shape index (κ3) is 6.62. The molecule has 2 heterocycles. The molecule has 0 bridgehead atoms. The zero-order chi connectivity index (χ0) is 25.7. The molecule has 0 fully saturated rings. The van der Waals surface area contributed by atoms with Crippen LogP contribution in [0.5, 0.6) is 11.5 Å². The maximum Gasteiger partial charge on any atom is 0.161 e. The molecular formula is C32H30IrNO3-. The number of ketones is 1. The van der Waals surface area contributed by atoms with Crippen LogP contribution in [0, 0.1) is 17.9 Å². The second-order valence-electron chi connectivity index (χ2n) is 9.27. The number of carbonyl (C=O) groups excluding carboxylic acids is 1. The molecule has 0 amide bonds. The Morgan fingerprint density at radius 1 is 0.865 bits per heavy atom. The number of aromatic nitrogens is 1. The number of allylic oxidation sites excluding steroid dienone is 2. The van der Waals surface area contributed by atoms with E-state index in [2.05, 4.69) is 30.3 Å². The van der Waals surface area contributed by atoms with Crippen molar-refractivity contribution in [2.75, 3.05) is 0 Å². The van der Waals surface area contributed by atoms with Gasteiger partial charge in [0, 0.05) is 55.5 Å². The van der Waals surface area contributed by atoms with E-state index in [1.54, 1.807) is 0 Å². The molecule has 5 rings (SSSR count). The molecule has 1 aromatic heterocycles. The van der Waals surface area contributed by atoms with E-state index in [9.17, 15) is 9.90 Å². The molecule has 1 radical (unpaired) electrons. The van der Waals surface area contributed by atoms with Crippen molar-refractivity contribution in [3.05, 3.63) is 103 Å². The number of rotatable bonds is 4. The van der Waals surface area contributed by atoms with Gasteiger partial charge in [-0.15, -0.1) is 24.3 Å². The second-order valence-corrected chi connectivity index (χ2v) is 9.27. The Morgan fingerprint density at radius 3 is 2.24 bits per heavy atom. The molecular weight excluding hydrogens is 639 g/mol. The number of carbonyl (C=O) groups is 1. The standard InChI is InChI=1S/C23H14NO.C9H16O2.Ir/c1-2-8-16(9-3-1)17-14-20-18-10-4-6-12-21(18)25-22-13-7-5-11-19(22)23(20)24-15-17;1-6(2)8(10)5-9(11)7(3)4;/h1-10,12-15H;5-7,10H,1-4H3;/q-1;;. The van der Waals surface area contributed by atoms with Crippen LogP contribution in [0.25, 0.3) is 33.5 Å². The number of ether oxygens (including phenoxy) is 1. The Labute approximate surface area is 232 Å².